The fraction of sp³-hybridized carbons (Fsp3) is 0.923. The third-order valence-corrected chi connectivity index (χ3v) is 4.34. The first-order chi connectivity index (χ1) is 8.59. The van der Waals surface area contributed by atoms with Crippen LogP contribution in [0.1, 0.15) is 51.9 Å². The van der Waals surface area contributed by atoms with Crippen molar-refractivity contribution in [3.05, 3.63) is 0 Å². The van der Waals surface area contributed by atoms with Crippen LogP contribution in [-0.4, -0.2) is 34.0 Å². The van der Waals surface area contributed by atoms with Crippen molar-refractivity contribution in [1.82, 2.24) is 4.90 Å². The quantitative estimate of drug-likeness (QED) is 0.746. The third-order valence-electron chi connectivity index (χ3n) is 3.96. The molecule has 3 nitrogen and oxygen atoms in total. The van der Waals surface area contributed by atoms with E-state index in [0.717, 1.165) is 38.5 Å². The first-order valence-electron chi connectivity index (χ1n) is 6.86. The lowest BCUT2D eigenvalue weighted by Gasteiger charge is -2.40. The number of halogens is 2. The zero-order chi connectivity index (χ0) is 13.2. The van der Waals surface area contributed by atoms with Crippen LogP contribution in [0.15, 0.2) is 0 Å². The molecule has 2 fully saturated rings. The van der Waals surface area contributed by atoms with Crippen LogP contribution in [0.5, 0.6) is 0 Å². The van der Waals surface area contributed by atoms with E-state index in [1.165, 1.54) is 6.42 Å². The van der Waals surface area contributed by atoms with Gasteiger partial charge in [0.25, 0.3) is 5.91 Å². The average Bonchev–Trinajstić information content (AvgIpc) is 2.68. The molecule has 0 aromatic heterocycles. The molecule has 18 heavy (non-hydrogen) atoms. The summed E-state index contributed by atoms with van der Waals surface area (Å²) < 4.78 is 6.20. The predicted octanol–water partition coefficient (Wildman–Crippen LogP) is 3.48. The standard InChI is InChI=1S/C13H21Cl2NO2/c1-2-6-10-9-16(12(17)11(14)15)13(18-10)7-4-3-5-8-13/h10-11H,2-9H2,1H3. The molecule has 0 N–H and O–H groups in total. The Hall–Kier alpha value is 0.01000. The molecule has 1 heterocycles. The van der Waals surface area contributed by atoms with Crippen molar-refractivity contribution in [2.75, 3.05) is 6.54 Å². The van der Waals surface area contributed by atoms with Gasteiger partial charge in [0, 0.05) is 6.54 Å². The second-order valence-corrected chi connectivity index (χ2v) is 6.38. The molecule has 0 aromatic rings. The molecular weight excluding hydrogens is 273 g/mol. The second-order valence-electron chi connectivity index (χ2n) is 5.28. The summed E-state index contributed by atoms with van der Waals surface area (Å²) in [5, 5.41) is 0. The Morgan fingerprint density at radius 3 is 2.61 bits per heavy atom. The molecular formula is C13H21Cl2NO2. The molecule has 1 unspecified atom stereocenters. The number of hydrogen-bond donors (Lipinski definition) is 0. The molecule has 2 aliphatic rings. The zero-order valence-electron chi connectivity index (χ0n) is 10.8. The number of amides is 1. The van der Waals surface area contributed by atoms with Crippen LogP contribution < -0.4 is 0 Å². The topological polar surface area (TPSA) is 29.5 Å². The lowest BCUT2D eigenvalue weighted by atomic mass is 9.90. The van der Waals surface area contributed by atoms with Crippen LogP contribution in [0.3, 0.4) is 0 Å². The summed E-state index contributed by atoms with van der Waals surface area (Å²) in [5.74, 6) is -0.196. The van der Waals surface area contributed by atoms with Gasteiger partial charge in [-0.3, -0.25) is 4.79 Å². The van der Waals surface area contributed by atoms with Crippen molar-refractivity contribution in [1.29, 1.82) is 0 Å². The maximum Gasteiger partial charge on any atom is 0.258 e. The SMILES string of the molecule is CCCC1CN(C(=O)C(Cl)Cl)C2(CCCCC2)O1. The molecule has 1 saturated heterocycles. The molecule has 0 aromatic carbocycles. The fourth-order valence-corrected chi connectivity index (χ4v) is 3.39. The van der Waals surface area contributed by atoms with Crippen molar-refractivity contribution >= 4 is 29.1 Å². The lowest BCUT2D eigenvalue weighted by Crippen LogP contribution is -2.51. The number of alkyl halides is 2. The molecule has 1 spiro atoms. The zero-order valence-corrected chi connectivity index (χ0v) is 12.3. The van der Waals surface area contributed by atoms with Gasteiger partial charge in [-0.2, -0.15) is 0 Å². The Morgan fingerprint density at radius 2 is 2.06 bits per heavy atom. The molecule has 0 bridgehead atoms. The van der Waals surface area contributed by atoms with Gasteiger partial charge in [-0.15, -0.1) is 0 Å². The number of carbonyl (C=O) groups excluding carboxylic acids is 1. The van der Waals surface area contributed by atoms with E-state index < -0.39 is 10.6 Å². The molecule has 104 valence electrons. The molecule has 5 heteroatoms. The Morgan fingerprint density at radius 1 is 1.39 bits per heavy atom. The number of ether oxygens (including phenoxy) is 1. The van der Waals surface area contributed by atoms with Crippen LogP contribution in [-0.2, 0) is 9.53 Å². The van der Waals surface area contributed by atoms with Crippen molar-refractivity contribution < 1.29 is 9.53 Å². The smallest absolute Gasteiger partial charge is 0.258 e. The third kappa shape index (κ3) is 2.78. The van der Waals surface area contributed by atoms with E-state index in [0.29, 0.717) is 6.54 Å². The van der Waals surface area contributed by atoms with E-state index in [4.69, 9.17) is 27.9 Å². The predicted molar refractivity (Wildman–Crippen MR) is 72.8 cm³/mol. The summed E-state index contributed by atoms with van der Waals surface area (Å²) in [5.41, 5.74) is -0.419. The van der Waals surface area contributed by atoms with Crippen LogP contribution in [0.2, 0.25) is 0 Å². The number of nitrogens with zero attached hydrogens (tertiary/aromatic N) is 1. The largest absolute Gasteiger partial charge is 0.350 e. The Kier molecular flexibility index (Phi) is 4.79. The van der Waals surface area contributed by atoms with Crippen molar-refractivity contribution in [3.8, 4) is 0 Å². The summed E-state index contributed by atoms with van der Waals surface area (Å²) in [7, 11) is 0. The first-order valence-corrected chi connectivity index (χ1v) is 7.74. The van der Waals surface area contributed by atoms with Gasteiger partial charge in [0.2, 0.25) is 0 Å². The van der Waals surface area contributed by atoms with Crippen molar-refractivity contribution in [2.45, 2.75) is 68.5 Å². The van der Waals surface area contributed by atoms with Gasteiger partial charge < -0.3 is 9.64 Å². The highest BCUT2D eigenvalue weighted by molar-refractivity contribution is 6.53. The number of hydrogen-bond acceptors (Lipinski definition) is 2. The highest BCUT2D eigenvalue weighted by Gasteiger charge is 2.49. The first kappa shape index (κ1) is 14.4. The Balaban J connectivity index is 2.15. The summed E-state index contributed by atoms with van der Waals surface area (Å²) in [6, 6.07) is 0. The van der Waals surface area contributed by atoms with Crippen molar-refractivity contribution in [3.63, 3.8) is 0 Å². The van der Waals surface area contributed by atoms with E-state index in [1.54, 1.807) is 4.90 Å². The van der Waals surface area contributed by atoms with Crippen LogP contribution in [0.4, 0.5) is 0 Å². The van der Waals surface area contributed by atoms with E-state index in [1.807, 2.05) is 0 Å². The Labute approximate surface area is 119 Å². The summed E-state index contributed by atoms with van der Waals surface area (Å²) >= 11 is 11.5. The van der Waals surface area contributed by atoms with Gasteiger partial charge in [-0.25, -0.2) is 0 Å². The van der Waals surface area contributed by atoms with Gasteiger partial charge in [-0.1, -0.05) is 43.0 Å². The average molecular weight is 294 g/mol. The Bertz CT molecular complexity index is 303. The van der Waals surface area contributed by atoms with Crippen LogP contribution in [0, 0.1) is 0 Å². The van der Waals surface area contributed by atoms with Gasteiger partial charge in [0.15, 0.2) is 4.84 Å². The maximum absolute atomic E-state index is 12.2. The summed E-state index contributed by atoms with van der Waals surface area (Å²) in [4.78, 5) is 13.0. The van der Waals surface area contributed by atoms with Crippen molar-refractivity contribution in [2.24, 2.45) is 0 Å². The van der Waals surface area contributed by atoms with E-state index in [2.05, 4.69) is 6.92 Å². The van der Waals surface area contributed by atoms with E-state index in [-0.39, 0.29) is 12.0 Å². The van der Waals surface area contributed by atoms with Gasteiger partial charge >= 0.3 is 0 Å². The van der Waals surface area contributed by atoms with E-state index >= 15 is 0 Å². The lowest BCUT2D eigenvalue weighted by molar-refractivity contribution is -0.158. The normalized spacial score (nSPS) is 27.1. The number of carbonyl (C=O) groups is 1. The van der Waals surface area contributed by atoms with Crippen LogP contribution in [0.25, 0.3) is 0 Å². The molecule has 0 radical (unpaired) electrons. The molecule has 2 rings (SSSR count). The molecule has 1 amide bonds. The molecule has 1 atom stereocenters. The summed E-state index contributed by atoms with van der Waals surface area (Å²) in [6.07, 6.45) is 7.46. The fourth-order valence-electron chi connectivity index (χ4n) is 3.15. The maximum atomic E-state index is 12.2. The van der Waals surface area contributed by atoms with E-state index in [9.17, 15) is 4.79 Å². The second kappa shape index (κ2) is 5.98. The van der Waals surface area contributed by atoms with Gasteiger partial charge in [0.05, 0.1) is 6.10 Å². The minimum atomic E-state index is -0.979. The number of rotatable bonds is 3. The highest BCUT2D eigenvalue weighted by Crippen LogP contribution is 2.41. The summed E-state index contributed by atoms with van der Waals surface area (Å²) in [6.45, 7) is 2.77. The highest BCUT2D eigenvalue weighted by atomic mass is 35.5. The minimum Gasteiger partial charge on any atom is -0.350 e. The monoisotopic (exact) mass is 293 g/mol. The molecule has 1 aliphatic carbocycles. The minimum absolute atomic E-state index is 0.143. The molecule has 1 aliphatic heterocycles. The van der Waals surface area contributed by atoms with Crippen LogP contribution >= 0.6 is 23.2 Å². The van der Waals surface area contributed by atoms with Gasteiger partial charge in [0.1, 0.15) is 5.72 Å². The molecule has 1 saturated carbocycles. The van der Waals surface area contributed by atoms with Gasteiger partial charge in [-0.05, 0) is 32.1 Å².